The molecular formula is C20H22N2O2. The van der Waals surface area contributed by atoms with E-state index in [0.717, 1.165) is 11.3 Å². The van der Waals surface area contributed by atoms with E-state index in [9.17, 15) is 4.79 Å². The third kappa shape index (κ3) is 4.36. The quantitative estimate of drug-likeness (QED) is 0.807. The maximum Gasteiger partial charge on any atom is 0.267 e. The molecule has 124 valence electrons. The zero-order chi connectivity index (χ0) is 17.5. The third-order valence-corrected chi connectivity index (χ3v) is 3.92. The van der Waals surface area contributed by atoms with Gasteiger partial charge in [0.2, 0.25) is 0 Å². The number of hydrogen-bond acceptors (Lipinski definition) is 3. The molecule has 0 aliphatic heterocycles. The van der Waals surface area contributed by atoms with Crippen LogP contribution in [0.4, 0.5) is 5.69 Å². The average Bonchev–Trinajstić information content (AvgIpc) is 2.59. The highest BCUT2D eigenvalue weighted by molar-refractivity contribution is 5.96. The van der Waals surface area contributed by atoms with E-state index in [2.05, 4.69) is 6.07 Å². The molecule has 2 rings (SSSR count). The number of nitrogens with zero attached hydrogens (tertiary/aromatic N) is 2. The van der Waals surface area contributed by atoms with Crippen LogP contribution in [0.2, 0.25) is 0 Å². The van der Waals surface area contributed by atoms with Gasteiger partial charge in [0.1, 0.15) is 5.75 Å². The third-order valence-electron chi connectivity index (χ3n) is 3.92. The number of benzene rings is 2. The maximum atomic E-state index is 12.8. The van der Waals surface area contributed by atoms with Gasteiger partial charge in [0.05, 0.1) is 12.5 Å². The molecule has 0 radical (unpaired) electrons. The van der Waals surface area contributed by atoms with E-state index >= 15 is 0 Å². The molecule has 0 saturated carbocycles. The Morgan fingerprint density at radius 3 is 2.50 bits per heavy atom. The first-order valence-corrected chi connectivity index (χ1v) is 8.00. The molecule has 0 aromatic heterocycles. The zero-order valence-electron chi connectivity index (χ0n) is 14.3. The molecule has 4 nitrogen and oxygen atoms in total. The van der Waals surface area contributed by atoms with Crippen LogP contribution in [-0.2, 0) is 4.79 Å². The molecule has 1 unspecified atom stereocenters. The Morgan fingerprint density at radius 2 is 1.88 bits per heavy atom. The van der Waals surface area contributed by atoms with Gasteiger partial charge in [-0.2, -0.15) is 5.26 Å². The number of ether oxygens (including phenoxy) is 1. The van der Waals surface area contributed by atoms with E-state index in [0.29, 0.717) is 12.3 Å². The average molecular weight is 322 g/mol. The van der Waals surface area contributed by atoms with E-state index < -0.39 is 6.10 Å². The Labute approximate surface area is 143 Å². The van der Waals surface area contributed by atoms with E-state index in [1.165, 1.54) is 5.56 Å². The second-order valence-electron chi connectivity index (χ2n) is 5.74. The molecule has 1 atom stereocenters. The summed E-state index contributed by atoms with van der Waals surface area (Å²) in [7, 11) is 0. The second-order valence-corrected chi connectivity index (χ2v) is 5.74. The van der Waals surface area contributed by atoms with Gasteiger partial charge in [-0.15, -0.1) is 0 Å². The zero-order valence-corrected chi connectivity index (χ0v) is 14.3. The summed E-state index contributed by atoms with van der Waals surface area (Å²) in [5.41, 5.74) is 3.07. The first kappa shape index (κ1) is 17.6. The van der Waals surface area contributed by atoms with E-state index in [4.69, 9.17) is 10.00 Å². The summed E-state index contributed by atoms with van der Waals surface area (Å²) in [5.74, 6) is 0.496. The second kappa shape index (κ2) is 8.16. The van der Waals surface area contributed by atoms with Crippen LogP contribution in [0, 0.1) is 25.2 Å². The van der Waals surface area contributed by atoms with E-state index in [-0.39, 0.29) is 12.3 Å². The molecule has 4 heteroatoms. The van der Waals surface area contributed by atoms with Gasteiger partial charge in [-0.05, 0) is 56.2 Å². The number of rotatable bonds is 6. The lowest BCUT2D eigenvalue weighted by Gasteiger charge is -2.26. The largest absolute Gasteiger partial charge is 0.481 e. The number of anilines is 1. The van der Waals surface area contributed by atoms with Crippen molar-refractivity contribution >= 4 is 11.6 Å². The topological polar surface area (TPSA) is 53.3 Å². The van der Waals surface area contributed by atoms with Crippen LogP contribution < -0.4 is 9.64 Å². The maximum absolute atomic E-state index is 12.8. The van der Waals surface area contributed by atoms with Crippen molar-refractivity contribution in [3.05, 3.63) is 59.7 Å². The van der Waals surface area contributed by atoms with Crippen molar-refractivity contribution in [1.29, 1.82) is 5.26 Å². The van der Waals surface area contributed by atoms with Crippen molar-refractivity contribution in [2.75, 3.05) is 11.4 Å². The Balaban J connectivity index is 2.21. The van der Waals surface area contributed by atoms with Gasteiger partial charge in [0, 0.05) is 12.2 Å². The number of amides is 1. The highest BCUT2D eigenvalue weighted by Gasteiger charge is 2.23. The van der Waals surface area contributed by atoms with Crippen molar-refractivity contribution in [1.82, 2.24) is 0 Å². The van der Waals surface area contributed by atoms with Crippen LogP contribution in [0.25, 0.3) is 0 Å². The minimum Gasteiger partial charge on any atom is -0.481 e. The summed E-state index contributed by atoms with van der Waals surface area (Å²) in [6.07, 6.45) is -0.357. The van der Waals surface area contributed by atoms with Crippen molar-refractivity contribution in [2.45, 2.75) is 33.3 Å². The summed E-state index contributed by atoms with van der Waals surface area (Å²) in [5, 5.41) is 8.90. The Hall–Kier alpha value is -2.80. The number of para-hydroxylation sites is 1. The first-order valence-electron chi connectivity index (χ1n) is 8.00. The fraction of sp³-hybridized carbons (Fsp3) is 0.300. The first-order chi connectivity index (χ1) is 11.5. The van der Waals surface area contributed by atoms with Gasteiger partial charge in [-0.1, -0.05) is 24.3 Å². The van der Waals surface area contributed by atoms with Gasteiger partial charge in [0.25, 0.3) is 5.91 Å². The number of carbonyl (C=O) groups is 1. The van der Waals surface area contributed by atoms with Crippen LogP contribution in [-0.4, -0.2) is 18.6 Å². The number of hydrogen-bond donors (Lipinski definition) is 0. The lowest BCUT2D eigenvalue weighted by molar-refractivity contribution is -0.124. The summed E-state index contributed by atoms with van der Waals surface area (Å²) in [6, 6.07) is 17.2. The van der Waals surface area contributed by atoms with Crippen molar-refractivity contribution < 1.29 is 9.53 Å². The summed E-state index contributed by atoms with van der Waals surface area (Å²) < 4.78 is 5.74. The van der Waals surface area contributed by atoms with Crippen LogP contribution in [0.5, 0.6) is 5.75 Å². The number of carbonyl (C=O) groups excluding carboxylic acids is 1. The van der Waals surface area contributed by atoms with Crippen LogP contribution >= 0.6 is 0 Å². The van der Waals surface area contributed by atoms with Crippen LogP contribution in [0.15, 0.2) is 48.5 Å². The molecule has 0 fully saturated rings. The highest BCUT2D eigenvalue weighted by atomic mass is 16.5. The Bertz CT molecular complexity index is 735. The van der Waals surface area contributed by atoms with E-state index in [1.54, 1.807) is 11.8 Å². The van der Waals surface area contributed by atoms with Gasteiger partial charge in [-0.25, -0.2) is 0 Å². The smallest absolute Gasteiger partial charge is 0.267 e. The molecule has 2 aromatic rings. The molecule has 0 heterocycles. The lowest BCUT2D eigenvalue weighted by atomic mass is 10.1. The predicted octanol–water partition coefficient (Wildman–Crippen LogP) is 4.02. The van der Waals surface area contributed by atoms with Gasteiger partial charge in [-0.3, -0.25) is 4.79 Å². The summed E-state index contributed by atoms with van der Waals surface area (Å²) in [6.45, 7) is 6.12. The molecule has 2 aromatic carbocycles. The lowest BCUT2D eigenvalue weighted by Crippen LogP contribution is -2.41. The van der Waals surface area contributed by atoms with Crippen LogP contribution in [0.1, 0.15) is 24.5 Å². The summed E-state index contributed by atoms with van der Waals surface area (Å²) in [4.78, 5) is 14.5. The van der Waals surface area contributed by atoms with Crippen molar-refractivity contribution in [2.24, 2.45) is 0 Å². The standard InChI is InChI=1S/C20H22N2O2/c1-15-10-11-18(14-16(15)2)22(13-7-12-21)20(23)17(3)24-19-8-5-4-6-9-19/h4-6,8-11,14,17H,7,13H2,1-3H3. The molecule has 0 saturated heterocycles. The Morgan fingerprint density at radius 1 is 1.17 bits per heavy atom. The molecule has 0 aliphatic rings. The minimum atomic E-state index is -0.632. The fourth-order valence-corrected chi connectivity index (χ4v) is 2.39. The molecule has 24 heavy (non-hydrogen) atoms. The highest BCUT2D eigenvalue weighted by Crippen LogP contribution is 2.21. The number of aryl methyl sites for hydroxylation is 2. The molecule has 0 spiro atoms. The van der Waals surface area contributed by atoms with Gasteiger partial charge >= 0.3 is 0 Å². The normalized spacial score (nSPS) is 11.4. The van der Waals surface area contributed by atoms with Crippen LogP contribution in [0.3, 0.4) is 0 Å². The monoisotopic (exact) mass is 322 g/mol. The molecule has 1 amide bonds. The van der Waals surface area contributed by atoms with Gasteiger partial charge in [0.15, 0.2) is 6.10 Å². The van der Waals surface area contributed by atoms with Gasteiger partial charge < -0.3 is 9.64 Å². The SMILES string of the molecule is Cc1ccc(N(CCC#N)C(=O)C(C)Oc2ccccc2)cc1C. The molecular weight excluding hydrogens is 300 g/mol. The Kier molecular flexibility index (Phi) is 5.97. The minimum absolute atomic E-state index is 0.155. The summed E-state index contributed by atoms with van der Waals surface area (Å²) >= 11 is 0. The van der Waals surface area contributed by atoms with E-state index in [1.807, 2.05) is 62.4 Å². The number of nitriles is 1. The predicted molar refractivity (Wildman–Crippen MR) is 95.0 cm³/mol. The van der Waals surface area contributed by atoms with Crippen molar-refractivity contribution in [3.8, 4) is 11.8 Å². The molecule has 0 bridgehead atoms. The fourth-order valence-electron chi connectivity index (χ4n) is 2.39. The van der Waals surface area contributed by atoms with Crippen molar-refractivity contribution in [3.63, 3.8) is 0 Å². The molecule has 0 N–H and O–H groups in total. The molecule has 0 aliphatic carbocycles.